The summed E-state index contributed by atoms with van der Waals surface area (Å²) in [5.74, 6) is -2.80. The average Bonchev–Trinajstić information content (AvgIpc) is 2.41. The topological polar surface area (TPSA) is 60.4 Å². The smallest absolute Gasteiger partial charge is 0.339 e. The second-order valence-corrected chi connectivity index (χ2v) is 5.74. The van der Waals surface area contributed by atoms with Crippen LogP contribution in [0.1, 0.15) is 17.3 Å². The van der Waals surface area contributed by atoms with Gasteiger partial charge in [0.15, 0.2) is 17.4 Å². The molecule has 0 amide bonds. The van der Waals surface area contributed by atoms with Crippen molar-refractivity contribution in [2.45, 2.75) is 11.8 Å². The Morgan fingerprint density at radius 2 is 1.76 bits per heavy atom. The molecular formula is C14H10F2O4S. The summed E-state index contributed by atoms with van der Waals surface area (Å²) in [6.07, 6.45) is 0. The molecule has 110 valence electrons. The van der Waals surface area contributed by atoms with Crippen molar-refractivity contribution in [3.63, 3.8) is 0 Å². The molecule has 0 heterocycles. The highest BCUT2D eigenvalue weighted by Crippen LogP contribution is 2.21. The Morgan fingerprint density at radius 1 is 1.05 bits per heavy atom. The summed E-state index contributed by atoms with van der Waals surface area (Å²) in [6.45, 7) is 1.32. The van der Waals surface area contributed by atoms with E-state index in [0.717, 1.165) is 6.07 Å². The average molecular weight is 312 g/mol. The van der Waals surface area contributed by atoms with E-state index in [-0.39, 0.29) is 17.1 Å². The largest absolute Gasteiger partial charge is 0.379 e. The van der Waals surface area contributed by atoms with Crippen LogP contribution in [-0.2, 0) is 10.1 Å². The van der Waals surface area contributed by atoms with E-state index < -0.39 is 26.6 Å². The minimum absolute atomic E-state index is 0.0903. The van der Waals surface area contributed by atoms with Crippen molar-refractivity contribution < 1.29 is 26.2 Å². The lowest BCUT2D eigenvalue weighted by Gasteiger charge is -2.08. The van der Waals surface area contributed by atoms with Crippen molar-refractivity contribution >= 4 is 15.9 Å². The monoisotopic (exact) mass is 312 g/mol. The van der Waals surface area contributed by atoms with Gasteiger partial charge >= 0.3 is 10.1 Å². The molecule has 0 N–H and O–H groups in total. The number of benzene rings is 2. The van der Waals surface area contributed by atoms with E-state index in [2.05, 4.69) is 0 Å². The van der Waals surface area contributed by atoms with E-state index in [4.69, 9.17) is 4.18 Å². The molecule has 0 radical (unpaired) electrons. The van der Waals surface area contributed by atoms with Gasteiger partial charge in [0, 0.05) is 5.56 Å². The van der Waals surface area contributed by atoms with E-state index in [1.54, 1.807) is 0 Å². The fourth-order valence-corrected chi connectivity index (χ4v) is 2.51. The van der Waals surface area contributed by atoms with Crippen LogP contribution in [0.15, 0.2) is 47.4 Å². The van der Waals surface area contributed by atoms with E-state index in [1.165, 1.54) is 31.2 Å². The Kier molecular flexibility index (Phi) is 4.04. The van der Waals surface area contributed by atoms with Crippen molar-refractivity contribution in [1.29, 1.82) is 0 Å². The quantitative estimate of drug-likeness (QED) is 0.643. The van der Waals surface area contributed by atoms with E-state index >= 15 is 0 Å². The molecule has 0 fully saturated rings. The lowest BCUT2D eigenvalue weighted by molar-refractivity contribution is 0.101. The first-order chi connectivity index (χ1) is 9.79. The third-order valence-corrected chi connectivity index (χ3v) is 3.87. The number of Topliss-reactive ketones (excluding diaryl/α,β-unsaturated/α-hetero) is 1. The Morgan fingerprint density at radius 3 is 2.38 bits per heavy atom. The van der Waals surface area contributed by atoms with E-state index in [1.807, 2.05) is 0 Å². The Bertz CT molecular complexity index is 800. The van der Waals surface area contributed by atoms with Crippen LogP contribution in [0.25, 0.3) is 0 Å². The highest BCUT2D eigenvalue weighted by atomic mass is 32.2. The summed E-state index contributed by atoms with van der Waals surface area (Å²) in [4.78, 5) is 10.7. The van der Waals surface area contributed by atoms with Crippen LogP contribution in [0, 0.1) is 11.6 Å². The molecule has 0 aromatic heterocycles. The Labute approximate surface area is 120 Å². The van der Waals surface area contributed by atoms with Crippen LogP contribution >= 0.6 is 0 Å². The van der Waals surface area contributed by atoms with Gasteiger partial charge in [0.2, 0.25) is 0 Å². The van der Waals surface area contributed by atoms with Crippen molar-refractivity contribution in [1.82, 2.24) is 0 Å². The lowest BCUT2D eigenvalue weighted by Crippen LogP contribution is -2.10. The first-order valence-electron chi connectivity index (χ1n) is 5.80. The van der Waals surface area contributed by atoms with Crippen LogP contribution in [0.4, 0.5) is 8.78 Å². The van der Waals surface area contributed by atoms with Gasteiger partial charge in [-0.25, -0.2) is 8.78 Å². The molecule has 0 spiro atoms. The van der Waals surface area contributed by atoms with Gasteiger partial charge in [-0.3, -0.25) is 4.79 Å². The number of carbonyl (C=O) groups excluding carboxylic acids is 1. The van der Waals surface area contributed by atoms with Gasteiger partial charge in [0.25, 0.3) is 0 Å². The molecule has 4 nitrogen and oxygen atoms in total. The van der Waals surface area contributed by atoms with Gasteiger partial charge in [-0.15, -0.1) is 0 Å². The molecule has 0 aliphatic carbocycles. The van der Waals surface area contributed by atoms with Crippen molar-refractivity contribution in [2.75, 3.05) is 0 Å². The molecule has 2 aromatic carbocycles. The van der Waals surface area contributed by atoms with Gasteiger partial charge in [-0.2, -0.15) is 8.42 Å². The SMILES string of the molecule is CC(=O)c1cccc(OS(=O)(=O)c2ccc(F)c(F)c2)c1. The summed E-state index contributed by atoms with van der Waals surface area (Å²) >= 11 is 0. The van der Waals surface area contributed by atoms with E-state index in [9.17, 15) is 22.0 Å². The maximum absolute atomic E-state index is 13.1. The zero-order valence-corrected chi connectivity index (χ0v) is 11.7. The van der Waals surface area contributed by atoms with Crippen molar-refractivity contribution in [3.8, 4) is 5.75 Å². The lowest BCUT2D eigenvalue weighted by atomic mass is 10.1. The molecule has 2 aromatic rings. The predicted molar refractivity (Wildman–Crippen MR) is 70.6 cm³/mol. The van der Waals surface area contributed by atoms with Crippen molar-refractivity contribution in [3.05, 3.63) is 59.7 Å². The second-order valence-electron chi connectivity index (χ2n) is 4.20. The van der Waals surface area contributed by atoms with E-state index in [0.29, 0.717) is 12.1 Å². The van der Waals surface area contributed by atoms with Crippen LogP contribution in [0.5, 0.6) is 5.75 Å². The third-order valence-electron chi connectivity index (χ3n) is 2.63. The first kappa shape index (κ1) is 15.1. The fraction of sp³-hybridized carbons (Fsp3) is 0.0714. The molecule has 0 saturated carbocycles. The van der Waals surface area contributed by atoms with Gasteiger partial charge in [0.05, 0.1) is 0 Å². The molecule has 0 aliphatic heterocycles. The number of hydrogen-bond acceptors (Lipinski definition) is 4. The number of ketones is 1. The maximum Gasteiger partial charge on any atom is 0.339 e. The summed E-state index contributed by atoms with van der Waals surface area (Å²) in [5.41, 5.74) is 0.271. The molecule has 0 saturated heterocycles. The zero-order valence-electron chi connectivity index (χ0n) is 10.8. The predicted octanol–water partition coefficient (Wildman–Crippen LogP) is 2.94. The minimum atomic E-state index is -4.31. The maximum atomic E-state index is 13.1. The molecule has 7 heteroatoms. The Hall–Kier alpha value is -2.28. The molecule has 0 aliphatic rings. The number of hydrogen-bond donors (Lipinski definition) is 0. The van der Waals surface area contributed by atoms with Gasteiger partial charge in [0.1, 0.15) is 10.6 Å². The minimum Gasteiger partial charge on any atom is -0.379 e. The number of carbonyl (C=O) groups is 1. The number of halogens is 2. The van der Waals surface area contributed by atoms with Crippen molar-refractivity contribution in [2.24, 2.45) is 0 Å². The summed E-state index contributed by atoms with van der Waals surface area (Å²) in [5, 5.41) is 0. The molecule has 21 heavy (non-hydrogen) atoms. The van der Waals surface area contributed by atoms with Gasteiger partial charge in [-0.05, 0) is 37.3 Å². The fourth-order valence-electron chi connectivity index (χ4n) is 1.57. The van der Waals surface area contributed by atoms with Crippen LogP contribution in [-0.4, -0.2) is 14.2 Å². The Balaban J connectivity index is 2.35. The first-order valence-corrected chi connectivity index (χ1v) is 7.21. The molecule has 0 bridgehead atoms. The molecular weight excluding hydrogens is 302 g/mol. The highest BCUT2D eigenvalue weighted by Gasteiger charge is 2.19. The second kappa shape index (κ2) is 5.61. The van der Waals surface area contributed by atoms with Crippen LogP contribution in [0.3, 0.4) is 0 Å². The zero-order chi connectivity index (χ0) is 15.6. The summed E-state index contributed by atoms with van der Waals surface area (Å²) in [6, 6.07) is 7.65. The van der Waals surface area contributed by atoms with Gasteiger partial charge < -0.3 is 4.18 Å². The normalized spacial score (nSPS) is 11.2. The third kappa shape index (κ3) is 3.43. The van der Waals surface area contributed by atoms with Crippen LogP contribution in [0.2, 0.25) is 0 Å². The standard InChI is InChI=1S/C14H10F2O4S/c1-9(17)10-3-2-4-11(7-10)20-21(18,19)12-5-6-13(15)14(16)8-12/h2-8H,1H3. The summed E-state index contributed by atoms with van der Waals surface area (Å²) < 4.78 is 54.6. The molecule has 2 rings (SSSR count). The number of rotatable bonds is 4. The summed E-state index contributed by atoms with van der Waals surface area (Å²) in [7, 11) is -4.31. The molecule has 0 unspecified atom stereocenters. The van der Waals surface area contributed by atoms with Crippen LogP contribution < -0.4 is 4.18 Å². The highest BCUT2D eigenvalue weighted by molar-refractivity contribution is 7.87. The molecule has 0 atom stereocenters. The van der Waals surface area contributed by atoms with Gasteiger partial charge in [-0.1, -0.05) is 12.1 Å².